The van der Waals surface area contributed by atoms with Crippen LogP contribution in [0.4, 0.5) is 0 Å². The van der Waals surface area contributed by atoms with Crippen LogP contribution in [-0.2, 0) is 14.8 Å². The second-order valence-corrected chi connectivity index (χ2v) is 11.2. The summed E-state index contributed by atoms with van der Waals surface area (Å²) in [5.74, 6) is -0.347. The number of carbonyl (C=O) groups excluding carboxylic acids is 1. The molecule has 2 aromatic rings. The number of carbonyl (C=O) groups is 1. The van der Waals surface area contributed by atoms with Crippen LogP contribution in [0.1, 0.15) is 35.1 Å². The van der Waals surface area contributed by atoms with Gasteiger partial charge in [-0.2, -0.15) is 4.31 Å². The Hall–Kier alpha value is -1.49. The maximum atomic E-state index is 13.2. The zero-order valence-electron chi connectivity index (χ0n) is 18.0. The summed E-state index contributed by atoms with van der Waals surface area (Å²) in [6.45, 7) is 4.54. The smallest absolute Gasteiger partial charge is 0.251 e. The fourth-order valence-electron chi connectivity index (χ4n) is 3.62. The molecule has 0 bridgehead atoms. The van der Waals surface area contributed by atoms with Crippen molar-refractivity contribution in [2.24, 2.45) is 0 Å². The van der Waals surface area contributed by atoms with Gasteiger partial charge in [0.25, 0.3) is 5.91 Å². The molecule has 1 aliphatic heterocycles. The number of nitrogens with zero attached hydrogens (tertiary/aromatic N) is 2. The van der Waals surface area contributed by atoms with E-state index in [9.17, 15) is 13.2 Å². The minimum atomic E-state index is -3.86. The number of halogens is 1. The summed E-state index contributed by atoms with van der Waals surface area (Å²) in [5.41, 5.74) is 0.251. The number of hydrogen-bond donors (Lipinski definition) is 1. The van der Waals surface area contributed by atoms with Crippen molar-refractivity contribution < 1.29 is 17.9 Å². The average molecular weight is 486 g/mol. The van der Waals surface area contributed by atoms with Crippen LogP contribution in [0, 0.1) is 0 Å². The van der Waals surface area contributed by atoms with Crippen LogP contribution in [0.3, 0.4) is 0 Å². The summed E-state index contributed by atoms with van der Waals surface area (Å²) in [7, 11) is 0.0445. The molecular formula is C21H28ClN3O4S2. The molecule has 1 amide bonds. The maximum Gasteiger partial charge on any atom is 0.251 e. The molecule has 0 saturated carbocycles. The number of morpholine rings is 1. The van der Waals surface area contributed by atoms with Gasteiger partial charge in [-0.1, -0.05) is 17.7 Å². The Balaban J connectivity index is 1.79. The van der Waals surface area contributed by atoms with E-state index in [4.69, 9.17) is 16.3 Å². The number of thiophene rings is 1. The van der Waals surface area contributed by atoms with E-state index in [1.54, 1.807) is 11.3 Å². The van der Waals surface area contributed by atoms with Crippen molar-refractivity contribution in [2.45, 2.75) is 37.0 Å². The van der Waals surface area contributed by atoms with Crippen molar-refractivity contribution in [3.63, 3.8) is 0 Å². The van der Waals surface area contributed by atoms with Gasteiger partial charge < -0.3 is 15.0 Å². The van der Waals surface area contributed by atoms with Crippen molar-refractivity contribution in [2.75, 3.05) is 33.7 Å². The third kappa shape index (κ3) is 5.66. The maximum absolute atomic E-state index is 13.2. The van der Waals surface area contributed by atoms with E-state index in [0.717, 1.165) is 4.88 Å². The van der Waals surface area contributed by atoms with E-state index < -0.39 is 10.0 Å². The number of ether oxygens (including phenoxy) is 1. The van der Waals surface area contributed by atoms with Crippen LogP contribution in [0.25, 0.3) is 0 Å². The molecular weight excluding hydrogens is 458 g/mol. The summed E-state index contributed by atoms with van der Waals surface area (Å²) >= 11 is 7.87. The molecule has 31 heavy (non-hydrogen) atoms. The fraction of sp³-hybridized carbons (Fsp3) is 0.476. The first-order valence-corrected chi connectivity index (χ1v) is 12.7. The lowest BCUT2D eigenvalue weighted by Crippen LogP contribution is -2.48. The van der Waals surface area contributed by atoms with Crippen LogP contribution in [0.5, 0.6) is 0 Å². The Morgan fingerprint density at radius 1 is 1.29 bits per heavy atom. The Morgan fingerprint density at radius 2 is 1.97 bits per heavy atom. The van der Waals surface area contributed by atoms with Gasteiger partial charge in [-0.3, -0.25) is 4.79 Å². The second-order valence-electron chi connectivity index (χ2n) is 7.93. The quantitative estimate of drug-likeness (QED) is 0.651. The predicted molar refractivity (Wildman–Crippen MR) is 123 cm³/mol. The first kappa shape index (κ1) is 24.2. The van der Waals surface area contributed by atoms with Crippen LogP contribution < -0.4 is 5.32 Å². The summed E-state index contributed by atoms with van der Waals surface area (Å²) < 4.78 is 33.5. The topological polar surface area (TPSA) is 79.0 Å². The number of rotatable bonds is 7. The summed E-state index contributed by atoms with van der Waals surface area (Å²) in [4.78, 5) is 15.9. The van der Waals surface area contributed by atoms with Crippen molar-refractivity contribution in [1.29, 1.82) is 0 Å². The van der Waals surface area contributed by atoms with E-state index in [0.29, 0.717) is 6.54 Å². The van der Waals surface area contributed by atoms with Gasteiger partial charge in [0.1, 0.15) is 4.90 Å². The SMILES string of the molecule is C[C@@H]1CN(S(=O)(=O)c2cc(C(=O)NC[C@@H](c3cccs3)N(C)C)ccc2Cl)C[C@H](C)O1. The Morgan fingerprint density at radius 3 is 2.55 bits per heavy atom. The van der Waals surface area contributed by atoms with Crippen LogP contribution in [0.15, 0.2) is 40.6 Å². The lowest BCUT2D eigenvalue weighted by atomic mass is 10.2. The highest BCUT2D eigenvalue weighted by Crippen LogP contribution is 2.28. The highest BCUT2D eigenvalue weighted by molar-refractivity contribution is 7.89. The molecule has 170 valence electrons. The van der Waals surface area contributed by atoms with Gasteiger partial charge in [-0.25, -0.2) is 8.42 Å². The van der Waals surface area contributed by atoms with Gasteiger partial charge in [0.15, 0.2) is 0 Å². The van der Waals surface area contributed by atoms with Gasteiger partial charge in [0.05, 0.1) is 23.3 Å². The van der Waals surface area contributed by atoms with E-state index in [1.807, 2.05) is 50.4 Å². The Labute approximate surface area is 193 Å². The van der Waals surface area contributed by atoms with E-state index >= 15 is 0 Å². The van der Waals surface area contributed by atoms with Crippen molar-refractivity contribution in [3.8, 4) is 0 Å². The number of likely N-dealkylation sites (N-methyl/N-ethyl adjacent to an activating group) is 1. The molecule has 1 fully saturated rings. The molecule has 3 rings (SSSR count). The molecule has 0 aliphatic carbocycles. The minimum absolute atomic E-state index is 0.0239. The molecule has 10 heteroatoms. The molecule has 1 saturated heterocycles. The monoisotopic (exact) mass is 485 g/mol. The predicted octanol–water partition coefficient (Wildman–Crippen LogP) is 3.23. The standard InChI is InChI=1S/C21H28ClN3O4S2/c1-14-12-25(13-15(2)29-14)31(27,28)20-10-16(7-8-17(20)22)21(26)23-11-18(24(3)4)19-6-5-9-30-19/h5-10,14-15,18H,11-13H2,1-4H3,(H,23,26)/t14-,15+,18-/m0/s1. The van der Waals surface area contributed by atoms with Gasteiger partial charge in [-0.15, -0.1) is 11.3 Å². The van der Waals surface area contributed by atoms with Gasteiger partial charge in [-0.05, 0) is 57.6 Å². The molecule has 1 aliphatic rings. The van der Waals surface area contributed by atoms with Crippen molar-refractivity contribution >= 4 is 38.9 Å². The normalized spacial score (nSPS) is 21.2. The lowest BCUT2D eigenvalue weighted by Gasteiger charge is -2.34. The van der Waals surface area contributed by atoms with Crippen molar-refractivity contribution in [3.05, 3.63) is 51.2 Å². The number of sulfonamides is 1. The van der Waals surface area contributed by atoms with Gasteiger partial charge in [0, 0.05) is 30.1 Å². The minimum Gasteiger partial charge on any atom is -0.373 e. The highest BCUT2D eigenvalue weighted by atomic mass is 35.5. The molecule has 7 nitrogen and oxygen atoms in total. The molecule has 0 spiro atoms. The molecule has 0 radical (unpaired) electrons. The van der Waals surface area contributed by atoms with Crippen molar-refractivity contribution in [1.82, 2.24) is 14.5 Å². The van der Waals surface area contributed by atoms with Gasteiger partial charge in [0.2, 0.25) is 10.0 Å². The third-order valence-electron chi connectivity index (χ3n) is 5.15. The number of nitrogens with one attached hydrogen (secondary N) is 1. The lowest BCUT2D eigenvalue weighted by molar-refractivity contribution is -0.0440. The summed E-state index contributed by atoms with van der Waals surface area (Å²) in [6.07, 6.45) is -0.437. The van der Waals surface area contributed by atoms with E-state index in [-0.39, 0.29) is 52.7 Å². The van der Waals surface area contributed by atoms with E-state index in [2.05, 4.69) is 5.32 Å². The van der Waals surface area contributed by atoms with Gasteiger partial charge >= 0.3 is 0 Å². The van der Waals surface area contributed by atoms with Crippen LogP contribution >= 0.6 is 22.9 Å². The first-order chi connectivity index (χ1) is 14.6. The average Bonchev–Trinajstić information content (AvgIpc) is 3.21. The number of amides is 1. The fourth-order valence-corrected chi connectivity index (χ4v) is 6.63. The second kappa shape index (κ2) is 9.97. The zero-order valence-corrected chi connectivity index (χ0v) is 20.4. The molecule has 1 aromatic heterocycles. The molecule has 3 atom stereocenters. The summed E-state index contributed by atoms with van der Waals surface area (Å²) in [6, 6.07) is 8.38. The molecule has 2 heterocycles. The number of hydrogen-bond acceptors (Lipinski definition) is 6. The largest absolute Gasteiger partial charge is 0.373 e. The van der Waals surface area contributed by atoms with Crippen LogP contribution in [0.2, 0.25) is 5.02 Å². The number of benzene rings is 1. The third-order valence-corrected chi connectivity index (χ3v) is 8.43. The Kier molecular flexibility index (Phi) is 7.77. The molecule has 1 N–H and O–H groups in total. The first-order valence-electron chi connectivity index (χ1n) is 10.0. The molecule has 1 aromatic carbocycles. The zero-order chi connectivity index (χ0) is 22.8. The molecule has 0 unspecified atom stereocenters. The highest BCUT2D eigenvalue weighted by Gasteiger charge is 2.34. The Bertz CT molecular complexity index is 1000. The summed E-state index contributed by atoms with van der Waals surface area (Å²) in [5, 5.41) is 5.00. The van der Waals surface area contributed by atoms with E-state index in [1.165, 1.54) is 22.5 Å². The van der Waals surface area contributed by atoms with Crippen LogP contribution in [-0.4, -0.2) is 69.5 Å².